The minimum Gasteiger partial charge on any atom is -0.423 e. The second-order valence-corrected chi connectivity index (χ2v) is 6.65. The van der Waals surface area contributed by atoms with E-state index in [-0.39, 0.29) is 11.6 Å². The van der Waals surface area contributed by atoms with Gasteiger partial charge in [-0.3, -0.25) is 0 Å². The van der Waals surface area contributed by atoms with Gasteiger partial charge in [0.25, 0.3) is 0 Å². The molecule has 0 unspecified atom stereocenters. The summed E-state index contributed by atoms with van der Waals surface area (Å²) in [7, 11) is 0. The number of nitrogens with one attached hydrogen (secondary N) is 2. The Morgan fingerprint density at radius 3 is 2.62 bits per heavy atom. The number of hydrogen-bond donors (Lipinski definition) is 2. The number of carbonyl (C=O) groups excluding carboxylic acids is 1. The van der Waals surface area contributed by atoms with Gasteiger partial charge >= 0.3 is 6.03 Å². The second-order valence-electron chi connectivity index (χ2n) is 6.65. The number of anilines is 1. The maximum atomic E-state index is 12.7. The van der Waals surface area contributed by atoms with Crippen LogP contribution in [0.1, 0.15) is 30.4 Å². The third-order valence-electron chi connectivity index (χ3n) is 4.98. The molecule has 4 rings (SSSR count). The van der Waals surface area contributed by atoms with Crippen molar-refractivity contribution in [3.63, 3.8) is 0 Å². The van der Waals surface area contributed by atoms with Gasteiger partial charge in [0.2, 0.25) is 12.3 Å². The number of nitrogens with zero attached hydrogens (tertiary/aromatic N) is 2. The van der Waals surface area contributed by atoms with Crippen LogP contribution in [-0.4, -0.2) is 16.2 Å². The van der Waals surface area contributed by atoms with E-state index in [1.165, 1.54) is 6.39 Å². The Bertz CT molecular complexity index is 903. The van der Waals surface area contributed by atoms with Crippen LogP contribution in [-0.2, 0) is 5.54 Å². The van der Waals surface area contributed by atoms with Crippen LogP contribution in [0.4, 0.5) is 10.5 Å². The van der Waals surface area contributed by atoms with Crippen molar-refractivity contribution >= 4 is 11.7 Å². The predicted molar refractivity (Wildman–Crippen MR) is 98.6 cm³/mol. The van der Waals surface area contributed by atoms with Crippen molar-refractivity contribution in [1.29, 1.82) is 0 Å². The van der Waals surface area contributed by atoms with Crippen LogP contribution >= 0.6 is 0 Å². The van der Waals surface area contributed by atoms with E-state index in [1.54, 1.807) is 0 Å². The van der Waals surface area contributed by atoms with E-state index in [9.17, 15) is 4.79 Å². The van der Waals surface area contributed by atoms with Crippen molar-refractivity contribution in [1.82, 2.24) is 15.5 Å². The van der Waals surface area contributed by atoms with Crippen LogP contribution in [0.15, 0.2) is 59.3 Å². The smallest absolute Gasteiger partial charge is 0.319 e. The van der Waals surface area contributed by atoms with Gasteiger partial charge in [0.15, 0.2) is 0 Å². The number of rotatable bonds is 4. The average molecular weight is 348 g/mol. The largest absolute Gasteiger partial charge is 0.423 e. The Morgan fingerprint density at radius 2 is 1.96 bits per heavy atom. The van der Waals surface area contributed by atoms with Crippen LogP contribution in [0.25, 0.3) is 11.5 Å². The lowest BCUT2D eigenvalue weighted by Crippen LogP contribution is -2.52. The molecular formula is C20H20N4O2. The van der Waals surface area contributed by atoms with Crippen LogP contribution in [0, 0.1) is 6.92 Å². The molecule has 1 fully saturated rings. The molecule has 132 valence electrons. The van der Waals surface area contributed by atoms with Gasteiger partial charge in [-0.25, -0.2) is 4.79 Å². The van der Waals surface area contributed by atoms with Crippen LogP contribution in [0.2, 0.25) is 0 Å². The summed E-state index contributed by atoms with van der Waals surface area (Å²) in [5.41, 5.74) is 3.33. The number of amides is 2. The molecule has 0 aliphatic heterocycles. The van der Waals surface area contributed by atoms with Crippen molar-refractivity contribution < 1.29 is 9.21 Å². The fourth-order valence-electron chi connectivity index (χ4n) is 3.33. The van der Waals surface area contributed by atoms with E-state index < -0.39 is 0 Å². The number of aryl methyl sites for hydroxylation is 1. The van der Waals surface area contributed by atoms with E-state index in [1.807, 2.05) is 43.3 Å². The second kappa shape index (κ2) is 6.63. The van der Waals surface area contributed by atoms with E-state index in [0.717, 1.165) is 41.6 Å². The molecule has 1 aliphatic carbocycles. The molecule has 1 aliphatic rings. The van der Waals surface area contributed by atoms with Crippen LogP contribution in [0.5, 0.6) is 0 Å². The Labute approximate surface area is 151 Å². The molecule has 0 radical (unpaired) electrons. The first-order valence-corrected chi connectivity index (χ1v) is 8.68. The standard InChI is InChI=1S/C20H20N4O2/c1-14-8-9-15(18-24-21-13-26-18)12-17(14)22-19(25)23-20(10-5-11-20)16-6-3-2-4-7-16/h2-4,6-9,12-13H,5,10-11H2,1H3,(H2,22,23,25). The zero-order valence-corrected chi connectivity index (χ0v) is 14.5. The van der Waals surface area contributed by atoms with Crippen LogP contribution < -0.4 is 10.6 Å². The fraction of sp³-hybridized carbons (Fsp3) is 0.250. The van der Waals surface area contributed by atoms with Gasteiger partial charge in [-0.1, -0.05) is 36.4 Å². The highest BCUT2D eigenvalue weighted by Crippen LogP contribution is 2.41. The number of aromatic nitrogens is 2. The van der Waals surface area contributed by atoms with E-state index in [4.69, 9.17) is 4.42 Å². The van der Waals surface area contributed by atoms with Crippen molar-refractivity contribution in [3.8, 4) is 11.5 Å². The molecule has 1 heterocycles. The van der Waals surface area contributed by atoms with Crippen LogP contribution in [0.3, 0.4) is 0 Å². The Hall–Kier alpha value is -3.15. The maximum absolute atomic E-state index is 12.7. The number of carbonyl (C=O) groups is 1. The molecule has 6 nitrogen and oxygen atoms in total. The molecule has 2 amide bonds. The highest BCUT2D eigenvalue weighted by Gasteiger charge is 2.39. The highest BCUT2D eigenvalue weighted by molar-refractivity contribution is 5.91. The van der Waals surface area contributed by atoms with Gasteiger partial charge in [0.05, 0.1) is 5.54 Å². The SMILES string of the molecule is Cc1ccc(-c2nnco2)cc1NC(=O)NC1(c2ccccc2)CCC1. The normalized spacial score (nSPS) is 15.1. The average Bonchev–Trinajstić information content (AvgIpc) is 3.15. The molecule has 1 aromatic heterocycles. The molecule has 0 atom stereocenters. The van der Waals surface area contributed by atoms with Gasteiger partial charge in [-0.2, -0.15) is 0 Å². The van der Waals surface area contributed by atoms with E-state index in [2.05, 4.69) is 33.0 Å². The first kappa shape index (κ1) is 16.3. The zero-order chi connectivity index (χ0) is 18.0. The summed E-state index contributed by atoms with van der Waals surface area (Å²) in [4.78, 5) is 12.7. The van der Waals surface area contributed by atoms with Gasteiger partial charge in [0, 0.05) is 11.3 Å². The molecule has 3 aromatic rings. The molecule has 0 saturated heterocycles. The summed E-state index contributed by atoms with van der Waals surface area (Å²) in [5, 5.41) is 13.7. The number of benzene rings is 2. The summed E-state index contributed by atoms with van der Waals surface area (Å²) in [6.07, 6.45) is 4.30. The van der Waals surface area contributed by atoms with Crippen molar-refractivity contribution in [2.75, 3.05) is 5.32 Å². The third-order valence-corrected chi connectivity index (χ3v) is 4.98. The molecular weight excluding hydrogens is 328 g/mol. The van der Waals surface area contributed by atoms with E-state index in [0.29, 0.717) is 5.89 Å². The van der Waals surface area contributed by atoms with Gasteiger partial charge < -0.3 is 15.1 Å². The quantitative estimate of drug-likeness (QED) is 0.739. The van der Waals surface area contributed by atoms with Gasteiger partial charge in [0.1, 0.15) is 0 Å². The summed E-state index contributed by atoms with van der Waals surface area (Å²) >= 11 is 0. The first-order chi connectivity index (χ1) is 12.7. The number of urea groups is 1. The monoisotopic (exact) mass is 348 g/mol. The third kappa shape index (κ3) is 3.06. The zero-order valence-electron chi connectivity index (χ0n) is 14.5. The minimum absolute atomic E-state index is 0.209. The lowest BCUT2D eigenvalue weighted by molar-refractivity contribution is 0.185. The fourth-order valence-corrected chi connectivity index (χ4v) is 3.33. The summed E-state index contributed by atoms with van der Waals surface area (Å²) in [6.45, 7) is 1.95. The lowest BCUT2D eigenvalue weighted by atomic mass is 9.72. The van der Waals surface area contributed by atoms with Crippen molar-refractivity contribution in [3.05, 3.63) is 66.1 Å². The Balaban J connectivity index is 1.52. The first-order valence-electron chi connectivity index (χ1n) is 8.68. The topological polar surface area (TPSA) is 80.1 Å². The summed E-state index contributed by atoms with van der Waals surface area (Å²) in [5.74, 6) is 0.424. The summed E-state index contributed by atoms with van der Waals surface area (Å²) in [6, 6.07) is 15.6. The number of hydrogen-bond acceptors (Lipinski definition) is 4. The molecule has 2 N–H and O–H groups in total. The van der Waals surface area contributed by atoms with Crippen molar-refractivity contribution in [2.24, 2.45) is 0 Å². The molecule has 2 aromatic carbocycles. The molecule has 0 bridgehead atoms. The predicted octanol–water partition coefficient (Wildman–Crippen LogP) is 4.25. The Kier molecular flexibility index (Phi) is 4.16. The molecule has 6 heteroatoms. The Morgan fingerprint density at radius 1 is 1.15 bits per heavy atom. The summed E-state index contributed by atoms with van der Waals surface area (Å²) < 4.78 is 5.23. The molecule has 26 heavy (non-hydrogen) atoms. The minimum atomic E-state index is -0.274. The maximum Gasteiger partial charge on any atom is 0.319 e. The molecule has 1 saturated carbocycles. The highest BCUT2D eigenvalue weighted by atomic mass is 16.4. The van der Waals surface area contributed by atoms with Gasteiger partial charge in [-0.15, -0.1) is 10.2 Å². The van der Waals surface area contributed by atoms with E-state index >= 15 is 0 Å². The van der Waals surface area contributed by atoms with Crippen molar-refractivity contribution in [2.45, 2.75) is 31.7 Å². The molecule has 0 spiro atoms. The lowest BCUT2D eigenvalue weighted by Gasteiger charge is -2.43. The van der Waals surface area contributed by atoms with Gasteiger partial charge in [-0.05, 0) is 49.4 Å².